The zero-order valence-electron chi connectivity index (χ0n) is 12.2. The van der Waals surface area contributed by atoms with Crippen LogP contribution >= 0.6 is 11.3 Å². The van der Waals surface area contributed by atoms with Crippen molar-refractivity contribution < 1.29 is 14.0 Å². The van der Waals surface area contributed by atoms with Gasteiger partial charge >= 0.3 is 6.03 Å². The molecule has 1 aliphatic heterocycles. The number of amides is 3. The molecule has 1 fully saturated rings. The number of thiazole rings is 1. The topological polar surface area (TPSA) is 74.3 Å². The van der Waals surface area contributed by atoms with Crippen molar-refractivity contribution in [1.82, 2.24) is 9.88 Å². The molecule has 2 heterocycles. The number of nitrogens with one attached hydrogen (secondary N) is 2. The van der Waals surface area contributed by atoms with Crippen LogP contribution in [0.3, 0.4) is 0 Å². The number of hydrogen-bond donors (Lipinski definition) is 2. The van der Waals surface area contributed by atoms with Crippen LogP contribution in [0.5, 0.6) is 0 Å². The number of benzene rings is 1. The second-order valence-electron chi connectivity index (χ2n) is 5.12. The first-order valence-corrected chi connectivity index (χ1v) is 8.08. The average molecular weight is 334 g/mol. The molecule has 1 aromatic heterocycles. The number of halogens is 1. The number of hydrogen-bond acceptors (Lipinski definition) is 4. The highest BCUT2D eigenvalue weighted by atomic mass is 32.1. The van der Waals surface area contributed by atoms with Gasteiger partial charge in [-0.1, -0.05) is 0 Å². The molecule has 1 aromatic carbocycles. The molecule has 3 amide bonds. The van der Waals surface area contributed by atoms with Crippen LogP contribution in [-0.4, -0.2) is 34.9 Å². The summed E-state index contributed by atoms with van der Waals surface area (Å²) >= 11 is 1.19. The minimum absolute atomic E-state index is 0.106. The summed E-state index contributed by atoms with van der Waals surface area (Å²) in [6, 6.07) is 4.93. The molecule has 0 radical (unpaired) electrons. The number of anilines is 2. The van der Waals surface area contributed by atoms with E-state index in [2.05, 4.69) is 15.6 Å². The number of aromatic nitrogens is 1. The number of carbonyl (C=O) groups is 2. The molecule has 0 saturated carbocycles. The van der Waals surface area contributed by atoms with E-state index < -0.39 is 6.03 Å². The van der Waals surface area contributed by atoms with E-state index >= 15 is 0 Å². The first-order valence-electron chi connectivity index (χ1n) is 7.20. The van der Waals surface area contributed by atoms with Crippen LogP contribution in [0.1, 0.15) is 23.3 Å². The molecule has 1 saturated heterocycles. The molecule has 2 aromatic rings. The minimum Gasteiger partial charge on any atom is -0.337 e. The van der Waals surface area contributed by atoms with Gasteiger partial charge in [-0.05, 0) is 37.1 Å². The third kappa shape index (κ3) is 3.84. The van der Waals surface area contributed by atoms with E-state index in [4.69, 9.17) is 0 Å². The SMILES string of the molecule is O=C(Nc1ccc(F)cc1)Nc1nc(C(=O)N2CCCC2)cs1. The second kappa shape index (κ2) is 6.74. The van der Waals surface area contributed by atoms with Crippen molar-refractivity contribution >= 4 is 34.1 Å². The van der Waals surface area contributed by atoms with Crippen LogP contribution in [0, 0.1) is 5.82 Å². The van der Waals surface area contributed by atoms with Gasteiger partial charge in [0.15, 0.2) is 5.13 Å². The van der Waals surface area contributed by atoms with Crippen LogP contribution in [0.4, 0.5) is 20.0 Å². The van der Waals surface area contributed by atoms with Crippen molar-refractivity contribution in [3.05, 3.63) is 41.2 Å². The Morgan fingerprint density at radius 2 is 1.83 bits per heavy atom. The van der Waals surface area contributed by atoms with E-state index in [-0.39, 0.29) is 11.7 Å². The van der Waals surface area contributed by atoms with Crippen LogP contribution in [0.2, 0.25) is 0 Å². The lowest BCUT2D eigenvalue weighted by atomic mass is 10.3. The van der Waals surface area contributed by atoms with Crippen molar-refractivity contribution in [2.45, 2.75) is 12.8 Å². The van der Waals surface area contributed by atoms with E-state index in [9.17, 15) is 14.0 Å². The van der Waals surface area contributed by atoms with Crippen LogP contribution in [-0.2, 0) is 0 Å². The smallest absolute Gasteiger partial charge is 0.325 e. The zero-order valence-corrected chi connectivity index (χ0v) is 13.0. The van der Waals surface area contributed by atoms with E-state index in [1.54, 1.807) is 10.3 Å². The Hall–Kier alpha value is -2.48. The normalized spacial score (nSPS) is 13.9. The molecule has 0 atom stereocenters. The van der Waals surface area contributed by atoms with E-state index in [0.717, 1.165) is 25.9 Å². The third-order valence-electron chi connectivity index (χ3n) is 3.44. The minimum atomic E-state index is -0.494. The van der Waals surface area contributed by atoms with Gasteiger partial charge in [0.25, 0.3) is 5.91 Å². The highest BCUT2D eigenvalue weighted by Gasteiger charge is 2.22. The summed E-state index contributed by atoms with van der Waals surface area (Å²) in [5.74, 6) is -0.480. The van der Waals surface area contributed by atoms with Crippen LogP contribution in [0.15, 0.2) is 29.6 Å². The average Bonchev–Trinajstić information content (AvgIpc) is 3.20. The maximum Gasteiger partial charge on any atom is 0.325 e. The summed E-state index contributed by atoms with van der Waals surface area (Å²) in [6.45, 7) is 1.51. The van der Waals surface area contributed by atoms with Gasteiger partial charge in [0.1, 0.15) is 11.5 Å². The third-order valence-corrected chi connectivity index (χ3v) is 4.20. The summed E-state index contributed by atoms with van der Waals surface area (Å²) in [6.07, 6.45) is 2.03. The lowest BCUT2D eigenvalue weighted by Gasteiger charge is -2.12. The standard InChI is InChI=1S/C15H15FN4O2S/c16-10-3-5-11(6-4-10)17-14(22)19-15-18-12(9-23-15)13(21)20-7-1-2-8-20/h3-6,9H,1-2,7-8H2,(H2,17,18,19,22). The fraction of sp³-hybridized carbons (Fsp3) is 0.267. The maximum atomic E-state index is 12.8. The first-order chi connectivity index (χ1) is 11.1. The molecule has 0 spiro atoms. The number of nitrogens with zero attached hydrogens (tertiary/aromatic N) is 2. The Kier molecular flexibility index (Phi) is 4.52. The molecule has 23 heavy (non-hydrogen) atoms. The Balaban J connectivity index is 1.58. The summed E-state index contributed by atoms with van der Waals surface area (Å²) < 4.78 is 12.8. The summed E-state index contributed by atoms with van der Waals surface area (Å²) in [7, 11) is 0. The number of rotatable bonds is 3. The number of urea groups is 1. The predicted molar refractivity (Wildman–Crippen MR) is 86.3 cm³/mol. The van der Waals surface area contributed by atoms with Gasteiger partial charge in [-0.15, -0.1) is 11.3 Å². The van der Waals surface area contributed by atoms with Crippen molar-refractivity contribution in [1.29, 1.82) is 0 Å². The fourth-order valence-corrected chi connectivity index (χ4v) is 2.98. The summed E-state index contributed by atoms with van der Waals surface area (Å²) in [5, 5.41) is 7.10. The van der Waals surface area contributed by atoms with Crippen molar-refractivity contribution in [2.75, 3.05) is 23.7 Å². The molecule has 6 nitrogen and oxygen atoms in total. The van der Waals surface area contributed by atoms with Crippen LogP contribution < -0.4 is 10.6 Å². The molecule has 0 unspecified atom stereocenters. The van der Waals surface area contributed by atoms with E-state index in [0.29, 0.717) is 16.5 Å². The predicted octanol–water partition coefficient (Wildman–Crippen LogP) is 3.16. The van der Waals surface area contributed by atoms with Gasteiger partial charge in [-0.25, -0.2) is 14.2 Å². The van der Waals surface area contributed by atoms with Gasteiger partial charge in [-0.3, -0.25) is 10.1 Å². The van der Waals surface area contributed by atoms with Gasteiger partial charge in [0, 0.05) is 24.2 Å². The Labute approximate surface area is 136 Å². The molecule has 0 aliphatic carbocycles. The molecule has 1 aliphatic rings. The number of carbonyl (C=O) groups excluding carboxylic acids is 2. The Morgan fingerprint density at radius 1 is 1.13 bits per heavy atom. The highest BCUT2D eigenvalue weighted by molar-refractivity contribution is 7.14. The monoisotopic (exact) mass is 334 g/mol. The Bertz CT molecular complexity index is 711. The van der Waals surface area contributed by atoms with E-state index in [1.165, 1.54) is 35.6 Å². The molecule has 0 bridgehead atoms. The molecular weight excluding hydrogens is 319 g/mol. The Morgan fingerprint density at radius 3 is 2.52 bits per heavy atom. The summed E-state index contributed by atoms with van der Waals surface area (Å²) in [4.78, 5) is 29.9. The fourth-order valence-electron chi connectivity index (χ4n) is 2.30. The van der Waals surface area contributed by atoms with Crippen molar-refractivity contribution in [3.63, 3.8) is 0 Å². The number of likely N-dealkylation sites (tertiary alicyclic amines) is 1. The van der Waals surface area contributed by atoms with Crippen molar-refractivity contribution in [3.8, 4) is 0 Å². The van der Waals surface area contributed by atoms with Gasteiger partial charge in [-0.2, -0.15) is 0 Å². The largest absolute Gasteiger partial charge is 0.337 e. The molecular formula is C15H15FN4O2S. The summed E-state index contributed by atoms with van der Waals surface area (Å²) in [5.41, 5.74) is 0.808. The van der Waals surface area contributed by atoms with Gasteiger partial charge in [0.05, 0.1) is 0 Å². The maximum absolute atomic E-state index is 12.8. The second-order valence-corrected chi connectivity index (χ2v) is 5.98. The molecule has 2 N–H and O–H groups in total. The molecule has 8 heteroatoms. The van der Waals surface area contributed by atoms with Crippen LogP contribution in [0.25, 0.3) is 0 Å². The first kappa shape index (κ1) is 15.4. The van der Waals surface area contributed by atoms with E-state index in [1.807, 2.05) is 0 Å². The zero-order chi connectivity index (χ0) is 16.2. The molecule has 120 valence electrons. The van der Waals surface area contributed by atoms with Gasteiger partial charge < -0.3 is 10.2 Å². The highest BCUT2D eigenvalue weighted by Crippen LogP contribution is 2.19. The van der Waals surface area contributed by atoms with Crippen molar-refractivity contribution in [2.24, 2.45) is 0 Å². The quantitative estimate of drug-likeness (QED) is 0.905. The lowest BCUT2D eigenvalue weighted by molar-refractivity contribution is 0.0788. The van der Waals surface area contributed by atoms with Gasteiger partial charge in [0.2, 0.25) is 0 Å². The lowest BCUT2D eigenvalue weighted by Crippen LogP contribution is -2.28. The molecule has 3 rings (SSSR count).